The van der Waals surface area contributed by atoms with E-state index in [1.165, 1.54) is 15.3 Å². The SMILES string of the molecule is Cc1cccc(NC(c2cccs2)c2ccc(Cl)s2)c1Br. The van der Waals surface area contributed by atoms with Gasteiger partial charge in [0.15, 0.2) is 0 Å². The molecule has 1 nitrogen and oxygen atoms in total. The van der Waals surface area contributed by atoms with E-state index < -0.39 is 0 Å². The minimum absolute atomic E-state index is 0.126. The van der Waals surface area contributed by atoms with Crippen LogP contribution in [0.5, 0.6) is 0 Å². The lowest BCUT2D eigenvalue weighted by molar-refractivity contribution is 0.990. The summed E-state index contributed by atoms with van der Waals surface area (Å²) >= 11 is 13.1. The molecule has 2 heterocycles. The van der Waals surface area contributed by atoms with Crippen LogP contribution in [0.2, 0.25) is 4.34 Å². The molecule has 1 atom stereocenters. The van der Waals surface area contributed by atoms with Gasteiger partial charge in [-0.2, -0.15) is 0 Å². The number of hydrogen-bond donors (Lipinski definition) is 1. The van der Waals surface area contributed by atoms with Crippen molar-refractivity contribution in [3.05, 3.63) is 72.0 Å². The van der Waals surface area contributed by atoms with E-state index in [0.29, 0.717) is 0 Å². The Morgan fingerprint density at radius 2 is 1.95 bits per heavy atom. The third-order valence-corrected chi connectivity index (χ3v) is 6.48. The number of anilines is 1. The fourth-order valence-corrected chi connectivity index (χ4v) is 4.51. The molecule has 0 bridgehead atoms. The molecular weight excluding hydrogens is 386 g/mol. The Morgan fingerprint density at radius 1 is 1.10 bits per heavy atom. The van der Waals surface area contributed by atoms with Crippen molar-refractivity contribution < 1.29 is 0 Å². The Bertz CT molecular complexity index is 737. The maximum absolute atomic E-state index is 6.11. The second-order valence-electron chi connectivity index (χ2n) is 4.67. The number of benzene rings is 1. The number of nitrogens with one attached hydrogen (secondary N) is 1. The van der Waals surface area contributed by atoms with Gasteiger partial charge in [0.1, 0.15) is 0 Å². The Hall–Kier alpha value is -0.810. The van der Waals surface area contributed by atoms with Gasteiger partial charge in [0.2, 0.25) is 0 Å². The summed E-state index contributed by atoms with van der Waals surface area (Å²) < 4.78 is 1.92. The normalized spacial score (nSPS) is 12.3. The van der Waals surface area contributed by atoms with Crippen molar-refractivity contribution >= 4 is 55.9 Å². The highest BCUT2D eigenvalue weighted by Crippen LogP contribution is 2.37. The first-order valence-corrected chi connectivity index (χ1v) is 9.32. The predicted octanol–water partition coefficient (Wildman–Crippen LogP) is 6.74. The standard InChI is InChI=1S/C16H13BrClNS2/c1-10-4-2-5-11(15(10)17)19-16(12-6-3-9-20-12)13-7-8-14(18)21-13/h2-9,16,19H,1H3. The van der Waals surface area contributed by atoms with Crippen LogP contribution in [-0.2, 0) is 0 Å². The Morgan fingerprint density at radius 3 is 2.62 bits per heavy atom. The van der Waals surface area contributed by atoms with Gasteiger partial charge in [-0.05, 0) is 58.1 Å². The van der Waals surface area contributed by atoms with Gasteiger partial charge in [-0.3, -0.25) is 0 Å². The summed E-state index contributed by atoms with van der Waals surface area (Å²) in [6, 6.07) is 14.7. The number of hydrogen-bond acceptors (Lipinski definition) is 3. The zero-order valence-electron chi connectivity index (χ0n) is 11.3. The molecule has 1 N–H and O–H groups in total. The van der Waals surface area contributed by atoms with Crippen LogP contribution in [0.1, 0.15) is 21.4 Å². The Kier molecular flexibility index (Phi) is 4.69. The van der Waals surface area contributed by atoms with E-state index in [1.54, 1.807) is 22.7 Å². The van der Waals surface area contributed by atoms with E-state index in [9.17, 15) is 0 Å². The van der Waals surface area contributed by atoms with Crippen molar-refractivity contribution in [1.82, 2.24) is 0 Å². The quantitative estimate of drug-likeness (QED) is 0.513. The molecular formula is C16H13BrClNS2. The number of aryl methyl sites for hydroxylation is 1. The van der Waals surface area contributed by atoms with Crippen molar-refractivity contribution in [3.63, 3.8) is 0 Å². The lowest BCUT2D eigenvalue weighted by Crippen LogP contribution is -2.10. The molecule has 0 fully saturated rings. The first-order valence-electron chi connectivity index (χ1n) is 6.45. The van der Waals surface area contributed by atoms with Gasteiger partial charge >= 0.3 is 0 Å². The van der Waals surface area contributed by atoms with Crippen LogP contribution < -0.4 is 5.32 Å². The first-order chi connectivity index (χ1) is 10.1. The molecule has 3 rings (SSSR count). The first kappa shape index (κ1) is 15.1. The number of thiophene rings is 2. The summed E-state index contributed by atoms with van der Waals surface area (Å²) in [5.41, 5.74) is 2.31. The molecule has 0 aliphatic heterocycles. The van der Waals surface area contributed by atoms with Crippen LogP contribution in [0.15, 0.2) is 52.3 Å². The molecule has 5 heteroatoms. The fraction of sp³-hybridized carbons (Fsp3) is 0.125. The average molecular weight is 399 g/mol. The van der Waals surface area contributed by atoms with Gasteiger partial charge in [-0.1, -0.05) is 29.8 Å². The van der Waals surface area contributed by atoms with Crippen LogP contribution in [-0.4, -0.2) is 0 Å². The Balaban J connectivity index is 1.99. The number of halogens is 2. The van der Waals surface area contributed by atoms with Crippen LogP contribution >= 0.6 is 50.2 Å². The molecule has 21 heavy (non-hydrogen) atoms. The van der Waals surface area contributed by atoms with Crippen LogP contribution in [0, 0.1) is 6.92 Å². The molecule has 1 unspecified atom stereocenters. The minimum Gasteiger partial charge on any atom is -0.372 e. The molecule has 0 spiro atoms. The highest BCUT2D eigenvalue weighted by molar-refractivity contribution is 9.10. The van der Waals surface area contributed by atoms with Gasteiger partial charge in [-0.25, -0.2) is 0 Å². The summed E-state index contributed by atoms with van der Waals surface area (Å²) in [5, 5.41) is 5.74. The molecule has 0 saturated heterocycles. The highest BCUT2D eigenvalue weighted by atomic mass is 79.9. The van der Waals surface area contributed by atoms with Crippen LogP contribution in [0.25, 0.3) is 0 Å². The molecule has 0 aliphatic rings. The highest BCUT2D eigenvalue weighted by Gasteiger charge is 2.18. The van der Waals surface area contributed by atoms with Gasteiger partial charge in [0.25, 0.3) is 0 Å². The Labute approximate surface area is 145 Å². The van der Waals surface area contributed by atoms with Gasteiger partial charge < -0.3 is 5.32 Å². The van der Waals surface area contributed by atoms with E-state index in [2.05, 4.69) is 69.9 Å². The van der Waals surface area contributed by atoms with Crippen molar-refractivity contribution in [2.75, 3.05) is 5.32 Å². The molecule has 0 amide bonds. The largest absolute Gasteiger partial charge is 0.372 e. The topological polar surface area (TPSA) is 12.0 Å². The van der Waals surface area contributed by atoms with E-state index in [1.807, 2.05) is 6.07 Å². The second kappa shape index (κ2) is 6.53. The average Bonchev–Trinajstić information content (AvgIpc) is 3.12. The zero-order chi connectivity index (χ0) is 14.8. The monoisotopic (exact) mass is 397 g/mol. The van der Waals surface area contributed by atoms with Crippen molar-refractivity contribution in [1.29, 1.82) is 0 Å². The smallest absolute Gasteiger partial charge is 0.0954 e. The summed E-state index contributed by atoms with van der Waals surface area (Å²) in [5.74, 6) is 0. The van der Waals surface area contributed by atoms with Gasteiger partial charge in [-0.15, -0.1) is 22.7 Å². The predicted molar refractivity (Wildman–Crippen MR) is 98.0 cm³/mol. The van der Waals surface area contributed by atoms with E-state index in [4.69, 9.17) is 11.6 Å². The lowest BCUT2D eigenvalue weighted by atomic mass is 10.1. The van der Waals surface area contributed by atoms with Crippen LogP contribution in [0.4, 0.5) is 5.69 Å². The second-order valence-corrected chi connectivity index (χ2v) is 8.19. The van der Waals surface area contributed by atoms with Gasteiger partial charge in [0.05, 0.1) is 10.4 Å². The lowest BCUT2D eigenvalue weighted by Gasteiger charge is -2.19. The fourth-order valence-electron chi connectivity index (χ4n) is 2.14. The van der Waals surface area contributed by atoms with E-state index >= 15 is 0 Å². The number of rotatable bonds is 4. The molecule has 3 aromatic rings. The molecule has 0 saturated carbocycles. The maximum Gasteiger partial charge on any atom is 0.0954 e. The summed E-state index contributed by atoms with van der Waals surface area (Å²) in [6.45, 7) is 2.09. The van der Waals surface area contributed by atoms with Gasteiger partial charge in [0, 0.05) is 19.9 Å². The van der Waals surface area contributed by atoms with Crippen molar-refractivity contribution in [3.8, 4) is 0 Å². The summed E-state index contributed by atoms with van der Waals surface area (Å²) in [4.78, 5) is 2.50. The maximum atomic E-state index is 6.11. The van der Waals surface area contributed by atoms with Crippen molar-refractivity contribution in [2.45, 2.75) is 13.0 Å². The third kappa shape index (κ3) is 3.34. The molecule has 2 aromatic heterocycles. The molecule has 108 valence electrons. The summed E-state index contributed by atoms with van der Waals surface area (Å²) in [7, 11) is 0. The molecule has 0 aliphatic carbocycles. The van der Waals surface area contributed by atoms with Crippen molar-refractivity contribution in [2.24, 2.45) is 0 Å². The van der Waals surface area contributed by atoms with E-state index in [0.717, 1.165) is 14.5 Å². The minimum atomic E-state index is 0.126. The van der Waals surface area contributed by atoms with Crippen LogP contribution in [0.3, 0.4) is 0 Å². The zero-order valence-corrected chi connectivity index (χ0v) is 15.2. The molecule has 1 aromatic carbocycles. The third-order valence-electron chi connectivity index (χ3n) is 3.20. The van der Waals surface area contributed by atoms with E-state index in [-0.39, 0.29) is 6.04 Å². The summed E-state index contributed by atoms with van der Waals surface area (Å²) in [6.07, 6.45) is 0. The molecule has 0 radical (unpaired) electrons.